The molecule has 21 heavy (non-hydrogen) atoms. The minimum atomic E-state index is -0.555. The fraction of sp³-hybridized carbons (Fsp3) is 0.684. The van der Waals surface area contributed by atoms with Gasteiger partial charge in [-0.25, -0.2) is 0 Å². The molecule has 1 atom stereocenters. The highest BCUT2D eigenvalue weighted by molar-refractivity contribution is 5.32. The zero-order chi connectivity index (χ0) is 14.9. The zero-order valence-corrected chi connectivity index (χ0v) is 13.3. The van der Waals surface area contributed by atoms with Gasteiger partial charge in [-0.3, -0.25) is 0 Å². The summed E-state index contributed by atoms with van der Waals surface area (Å²) < 4.78 is 0. The SMILES string of the molecule is CCC1CCC(O)(C2(CN)CCc3ccccc3C2)CC1. The maximum absolute atomic E-state index is 11.4. The van der Waals surface area contributed by atoms with Crippen LogP contribution in [0.25, 0.3) is 0 Å². The third-order valence-electron chi connectivity index (χ3n) is 6.41. The Bertz CT molecular complexity index is 490. The molecular formula is C19H29NO. The lowest BCUT2D eigenvalue weighted by Crippen LogP contribution is -2.57. The van der Waals surface area contributed by atoms with E-state index in [1.165, 1.54) is 17.5 Å². The molecule has 116 valence electrons. The van der Waals surface area contributed by atoms with Crippen molar-refractivity contribution in [2.75, 3.05) is 6.54 Å². The van der Waals surface area contributed by atoms with Gasteiger partial charge in [0.2, 0.25) is 0 Å². The third kappa shape index (κ3) is 2.53. The van der Waals surface area contributed by atoms with E-state index in [0.29, 0.717) is 6.54 Å². The molecule has 0 heterocycles. The van der Waals surface area contributed by atoms with Crippen LogP contribution in [0.2, 0.25) is 0 Å². The lowest BCUT2D eigenvalue weighted by molar-refractivity contribution is -0.119. The molecule has 2 nitrogen and oxygen atoms in total. The Morgan fingerprint density at radius 3 is 2.43 bits per heavy atom. The molecule has 1 fully saturated rings. The van der Waals surface area contributed by atoms with E-state index in [0.717, 1.165) is 50.9 Å². The molecule has 2 heteroatoms. The summed E-state index contributed by atoms with van der Waals surface area (Å²) >= 11 is 0. The standard InChI is InChI=1S/C19H29NO/c1-2-15-7-11-19(21,12-8-15)18(14-20)10-9-16-5-3-4-6-17(16)13-18/h3-6,15,21H,2,7-14,20H2,1H3. The topological polar surface area (TPSA) is 46.2 Å². The maximum Gasteiger partial charge on any atom is 0.0719 e. The van der Waals surface area contributed by atoms with E-state index < -0.39 is 5.60 Å². The van der Waals surface area contributed by atoms with E-state index in [9.17, 15) is 5.11 Å². The highest BCUT2D eigenvalue weighted by Crippen LogP contribution is 2.50. The number of aryl methyl sites for hydroxylation is 1. The summed E-state index contributed by atoms with van der Waals surface area (Å²) in [7, 11) is 0. The van der Waals surface area contributed by atoms with Crippen LogP contribution in [-0.4, -0.2) is 17.3 Å². The Hall–Kier alpha value is -0.860. The summed E-state index contributed by atoms with van der Waals surface area (Å²) in [5.41, 5.74) is 8.41. The summed E-state index contributed by atoms with van der Waals surface area (Å²) in [6.45, 7) is 2.87. The van der Waals surface area contributed by atoms with E-state index in [1.54, 1.807) is 0 Å². The second kappa shape index (κ2) is 5.73. The fourth-order valence-electron chi connectivity index (χ4n) is 4.66. The average molecular weight is 287 g/mol. The summed E-state index contributed by atoms with van der Waals surface area (Å²) in [5.74, 6) is 0.802. The first-order chi connectivity index (χ1) is 10.1. The number of aliphatic hydroxyl groups is 1. The van der Waals surface area contributed by atoms with Crippen molar-refractivity contribution in [1.29, 1.82) is 0 Å². The molecule has 1 aromatic carbocycles. The van der Waals surface area contributed by atoms with Crippen LogP contribution in [0.3, 0.4) is 0 Å². The number of hydrogen-bond acceptors (Lipinski definition) is 2. The van der Waals surface area contributed by atoms with Gasteiger partial charge >= 0.3 is 0 Å². The second-order valence-electron chi connectivity index (χ2n) is 7.31. The van der Waals surface area contributed by atoms with Crippen LogP contribution in [0.1, 0.15) is 56.6 Å². The van der Waals surface area contributed by atoms with Gasteiger partial charge in [0, 0.05) is 12.0 Å². The fourth-order valence-corrected chi connectivity index (χ4v) is 4.66. The molecular weight excluding hydrogens is 258 g/mol. The zero-order valence-electron chi connectivity index (χ0n) is 13.3. The van der Waals surface area contributed by atoms with Gasteiger partial charge in [0.25, 0.3) is 0 Å². The lowest BCUT2D eigenvalue weighted by atomic mass is 9.57. The van der Waals surface area contributed by atoms with Crippen molar-refractivity contribution in [1.82, 2.24) is 0 Å². The molecule has 0 aliphatic heterocycles. The van der Waals surface area contributed by atoms with E-state index >= 15 is 0 Å². The van der Waals surface area contributed by atoms with Crippen LogP contribution in [0.4, 0.5) is 0 Å². The highest BCUT2D eigenvalue weighted by atomic mass is 16.3. The monoisotopic (exact) mass is 287 g/mol. The largest absolute Gasteiger partial charge is 0.389 e. The predicted octanol–water partition coefficient (Wildman–Crippen LogP) is 3.45. The number of rotatable bonds is 3. The molecule has 0 spiro atoms. The minimum Gasteiger partial charge on any atom is -0.389 e. The van der Waals surface area contributed by atoms with Gasteiger partial charge in [-0.2, -0.15) is 0 Å². The first-order valence-corrected chi connectivity index (χ1v) is 8.62. The summed E-state index contributed by atoms with van der Waals surface area (Å²) in [6.07, 6.45) is 8.49. The summed E-state index contributed by atoms with van der Waals surface area (Å²) in [4.78, 5) is 0. The van der Waals surface area contributed by atoms with Gasteiger partial charge in [-0.1, -0.05) is 37.6 Å². The molecule has 0 amide bonds. The highest BCUT2D eigenvalue weighted by Gasteiger charge is 2.51. The molecule has 3 N–H and O–H groups in total. The van der Waals surface area contributed by atoms with E-state index in [2.05, 4.69) is 31.2 Å². The average Bonchev–Trinajstić information content (AvgIpc) is 2.55. The molecule has 1 saturated carbocycles. The number of nitrogens with two attached hydrogens (primary N) is 1. The lowest BCUT2D eigenvalue weighted by Gasteiger charge is -2.52. The first-order valence-electron chi connectivity index (χ1n) is 8.62. The molecule has 0 bridgehead atoms. The molecule has 1 aromatic rings. The summed E-state index contributed by atoms with van der Waals surface area (Å²) in [5, 5.41) is 11.4. The Morgan fingerprint density at radius 2 is 1.81 bits per heavy atom. The second-order valence-corrected chi connectivity index (χ2v) is 7.31. The van der Waals surface area contributed by atoms with Crippen LogP contribution < -0.4 is 5.73 Å². The van der Waals surface area contributed by atoms with Gasteiger partial charge in [-0.05, 0) is 62.0 Å². The normalized spacial score (nSPS) is 36.2. The van der Waals surface area contributed by atoms with Crippen molar-refractivity contribution in [2.24, 2.45) is 17.1 Å². The Labute approximate surface area is 128 Å². The number of fused-ring (bicyclic) bond motifs is 1. The van der Waals surface area contributed by atoms with Crippen molar-refractivity contribution >= 4 is 0 Å². The molecule has 2 aliphatic rings. The first kappa shape index (κ1) is 15.1. The van der Waals surface area contributed by atoms with Crippen LogP contribution >= 0.6 is 0 Å². The van der Waals surface area contributed by atoms with E-state index in [-0.39, 0.29) is 5.41 Å². The maximum atomic E-state index is 11.4. The van der Waals surface area contributed by atoms with Crippen molar-refractivity contribution in [3.63, 3.8) is 0 Å². The van der Waals surface area contributed by atoms with Crippen molar-refractivity contribution in [2.45, 2.75) is 63.9 Å². The third-order valence-corrected chi connectivity index (χ3v) is 6.41. The molecule has 0 saturated heterocycles. The smallest absolute Gasteiger partial charge is 0.0719 e. The molecule has 0 radical (unpaired) electrons. The van der Waals surface area contributed by atoms with Gasteiger partial charge in [-0.15, -0.1) is 0 Å². The van der Waals surface area contributed by atoms with Gasteiger partial charge in [0.15, 0.2) is 0 Å². The van der Waals surface area contributed by atoms with Crippen molar-refractivity contribution in [3.05, 3.63) is 35.4 Å². The number of benzene rings is 1. The van der Waals surface area contributed by atoms with E-state index in [1.807, 2.05) is 0 Å². The summed E-state index contributed by atoms with van der Waals surface area (Å²) in [6, 6.07) is 8.69. The quantitative estimate of drug-likeness (QED) is 0.894. The van der Waals surface area contributed by atoms with Crippen molar-refractivity contribution < 1.29 is 5.11 Å². The Balaban J connectivity index is 1.85. The van der Waals surface area contributed by atoms with Crippen LogP contribution in [0.15, 0.2) is 24.3 Å². The van der Waals surface area contributed by atoms with Gasteiger partial charge in [0.05, 0.1) is 5.60 Å². The van der Waals surface area contributed by atoms with Crippen molar-refractivity contribution in [3.8, 4) is 0 Å². The molecule has 0 aromatic heterocycles. The molecule has 1 unspecified atom stereocenters. The van der Waals surface area contributed by atoms with Crippen LogP contribution in [0, 0.1) is 11.3 Å². The Morgan fingerprint density at radius 1 is 1.14 bits per heavy atom. The van der Waals surface area contributed by atoms with Gasteiger partial charge < -0.3 is 10.8 Å². The van der Waals surface area contributed by atoms with E-state index in [4.69, 9.17) is 5.73 Å². The van der Waals surface area contributed by atoms with Crippen LogP contribution in [-0.2, 0) is 12.8 Å². The molecule has 3 rings (SSSR count). The van der Waals surface area contributed by atoms with Crippen LogP contribution in [0.5, 0.6) is 0 Å². The number of hydrogen-bond donors (Lipinski definition) is 2. The minimum absolute atomic E-state index is 0.111. The predicted molar refractivity (Wildman–Crippen MR) is 87.2 cm³/mol. The molecule has 2 aliphatic carbocycles. The Kier molecular flexibility index (Phi) is 4.11. The van der Waals surface area contributed by atoms with Gasteiger partial charge in [0.1, 0.15) is 0 Å².